The summed E-state index contributed by atoms with van der Waals surface area (Å²) in [6, 6.07) is 11.5. The maximum Gasteiger partial charge on any atom is 0.325 e. The fourth-order valence-electron chi connectivity index (χ4n) is 2.20. The number of rotatable bonds is 7. The second kappa shape index (κ2) is 9.93. The van der Waals surface area contributed by atoms with Gasteiger partial charge in [0.2, 0.25) is 5.13 Å². The highest BCUT2D eigenvalue weighted by Crippen LogP contribution is 2.27. The summed E-state index contributed by atoms with van der Waals surface area (Å²) in [7, 11) is 0. The van der Waals surface area contributed by atoms with Crippen LogP contribution in [-0.2, 0) is 6.42 Å². The van der Waals surface area contributed by atoms with Gasteiger partial charge in [0.25, 0.3) is 0 Å². The summed E-state index contributed by atoms with van der Waals surface area (Å²) in [5.41, 5.74) is 0.629. The Bertz CT molecular complexity index is 950. The van der Waals surface area contributed by atoms with E-state index in [0.29, 0.717) is 44.7 Å². The summed E-state index contributed by atoms with van der Waals surface area (Å²) < 4.78 is 5.64. The minimum absolute atomic E-state index is 0.397. The highest BCUT2D eigenvalue weighted by molar-refractivity contribution is 7.15. The molecule has 0 aliphatic heterocycles. The van der Waals surface area contributed by atoms with Crippen LogP contribution in [-0.4, -0.2) is 22.8 Å². The third kappa shape index (κ3) is 6.24. The number of aryl methyl sites for hydroxylation is 1. The van der Waals surface area contributed by atoms with E-state index in [0.717, 1.165) is 11.4 Å². The van der Waals surface area contributed by atoms with Crippen molar-refractivity contribution in [3.05, 3.63) is 62.5 Å². The lowest BCUT2D eigenvalue weighted by Gasteiger charge is -2.07. The summed E-state index contributed by atoms with van der Waals surface area (Å²) in [4.78, 5) is 12.0. The number of aromatic nitrogens is 2. The molecule has 0 aliphatic rings. The van der Waals surface area contributed by atoms with Crippen LogP contribution in [0.15, 0.2) is 42.5 Å². The van der Waals surface area contributed by atoms with Gasteiger partial charge in [0.1, 0.15) is 10.8 Å². The maximum atomic E-state index is 12.0. The molecule has 1 heterocycles. The number of carbonyl (C=O) groups is 1. The highest BCUT2D eigenvalue weighted by atomic mass is 35.5. The number of hydrogen-bond acceptors (Lipinski definition) is 5. The summed E-state index contributed by atoms with van der Waals surface area (Å²) in [6.45, 7) is 0.473. The van der Waals surface area contributed by atoms with E-state index >= 15 is 0 Å². The molecule has 0 radical (unpaired) electrons. The number of amides is 2. The van der Waals surface area contributed by atoms with E-state index in [2.05, 4.69) is 20.8 Å². The number of ether oxygens (including phenoxy) is 1. The minimum atomic E-state index is -0.397. The monoisotopic (exact) mass is 456 g/mol. The zero-order valence-corrected chi connectivity index (χ0v) is 17.5. The molecule has 0 atom stereocenters. The highest BCUT2D eigenvalue weighted by Gasteiger charge is 2.09. The Kier molecular flexibility index (Phi) is 7.33. The molecule has 0 bridgehead atoms. The van der Waals surface area contributed by atoms with Gasteiger partial charge in [-0.05, 0) is 48.9 Å². The summed E-state index contributed by atoms with van der Waals surface area (Å²) in [6.07, 6.45) is 1.40. The zero-order valence-electron chi connectivity index (χ0n) is 14.4. The SMILES string of the molecule is O=C(Nc1ccc(Cl)cc1)Nc1nnc(CCCOc2ccc(Cl)cc2Cl)s1. The normalized spacial score (nSPS) is 10.5. The summed E-state index contributed by atoms with van der Waals surface area (Å²) in [5, 5.41) is 16.2. The molecule has 1 aromatic heterocycles. The fourth-order valence-corrected chi connectivity index (χ4v) is 3.56. The van der Waals surface area contributed by atoms with Crippen LogP contribution in [0.3, 0.4) is 0 Å². The molecule has 2 aromatic carbocycles. The van der Waals surface area contributed by atoms with Crippen molar-refractivity contribution >= 4 is 63.0 Å². The van der Waals surface area contributed by atoms with Crippen molar-refractivity contribution in [3.63, 3.8) is 0 Å². The van der Waals surface area contributed by atoms with Gasteiger partial charge in [0.05, 0.1) is 11.6 Å². The van der Waals surface area contributed by atoms with E-state index in [1.807, 2.05) is 0 Å². The molecule has 28 heavy (non-hydrogen) atoms. The molecular formula is C18H15Cl3N4O2S. The molecule has 146 valence electrons. The molecule has 3 aromatic rings. The lowest BCUT2D eigenvalue weighted by Crippen LogP contribution is -2.19. The third-order valence-electron chi connectivity index (χ3n) is 3.48. The first-order valence-corrected chi connectivity index (χ1v) is 10.2. The summed E-state index contributed by atoms with van der Waals surface area (Å²) in [5.74, 6) is 0.588. The molecule has 10 heteroatoms. The van der Waals surface area contributed by atoms with Crippen LogP contribution in [0, 0.1) is 0 Å². The quantitative estimate of drug-likeness (QED) is 0.417. The molecule has 0 aliphatic carbocycles. The predicted molar refractivity (Wildman–Crippen MR) is 114 cm³/mol. The van der Waals surface area contributed by atoms with Crippen molar-refractivity contribution in [2.24, 2.45) is 0 Å². The number of urea groups is 1. The molecule has 0 fully saturated rings. The van der Waals surface area contributed by atoms with Gasteiger partial charge in [-0.3, -0.25) is 5.32 Å². The molecule has 2 N–H and O–H groups in total. The fraction of sp³-hybridized carbons (Fsp3) is 0.167. The molecule has 3 rings (SSSR count). The van der Waals surface area contributed by atoms with Gasteiger partial charge in [-0.1, -0.05) is 46.1 Å². The molecule has 0 unspecified atom stereocenters. The topological polar surface area (TPSA) is 76.1 Å². The number of hydrogen-bond donors (Lipinski definition) is 2. The van der Waals surface area contributed by atoms with Crippen molar-refractivity contribution in [2.75, 3.05) is 17.2 Å². The first-order chi connectivity index (χ1) is 13.5. The largest absolute Gasteiger partial charge is 0.492 e. The Morgan fingerprint density at radius 3 is 2.50 bits per heavy atom. The van der Waals surface area contributed by atoms with Crippen molar-refractivity contribution < 1.29 is 9.53 Å². The van der Waals surface area contributed by atoms with Gasteiger partial charge >= 0.3 is 6.03 Å². The molecule has 2 amide bonds. The van der Waals surface area contributed by atoms with Crippen LogP contribution in [0.2, 0.25) is 15.1 Å². The van der Waals surface area contributed by atoms with Gasteiger partial charge < -0.3 is 10.1 Å². The zero-order chi connectivity index (χ0) is 19.9. The molecule has 0 spiro atoms. The Morgan fingerprint density at radius 1 is 1.00 bits per heavy atom. The maximum absolute atomic E-state index is 12.0. The molecule has 0 saturated heterocycles. The van der Waals surface area contributed by atoms with Crippen LogP contribution in [0.4, 0.5) is 15.6 Å². The van der Waals surface area contributed by atoms with Gasteiger partial charge in [-0.25, -0.2) is 4.79 Å². The van der Waals surface area contributed by atoms with Crippen molar-refractivity contribution in [1.82, 2.24) is 10.2 Å². The van der Waals surface area contributed by atoms with Gasteiger partial charge in [0, 0.05) is 22.2 Å². The average Bonchev–Trinajstić information content (AvgIpc) is 3.09. The Balaban J connectivity index is 1.42. The van der Waals surface area contributed by atoms with Crippen molar-refractivity contribution in [1.29, 1.82) is 0 Å². The predicted octanol–water partition coefficient (Wildman–Crippen LogP) is 6.15. The molecule has 6 nitrogen and oxygen atoms in total. The van der Waals surface area contributed by atoms with Gasteiger partial charge in [0.15, 0.2) is 0 Å². The lowest BCUT2D eigenvalue weighted by atomic mass is 10.3. The van der Waals surface area contributed by atoms with Crippen LogP contribution < -0.4 is 15.4 Å². The minimum Gasteiger partial charge on any atom is -0.492 e. The van der Waals surface area contributed by atoms with Crippen LogP contribution in [0.25, 0.3) is 0 Å². The number of nitrogens with zero attached hydrogens (tertiary/aromatic N) is 2. The second-order valence-corrected chi connectivity index (χ2v) is 7.96. The van der Waals surface area contributed by atoms with E-state index in [-0.39, 0.29) is 0 Å². The Labute approximate surface area is 180 Å². The number of benzene rings is 2. The number of halogens is 3. The van der Waals surface area contributed by atoms with Crippen LogP contribution >= 0.6 is 46.1 Å². The number of carbonyl (C=O) groups excluding carboxylic acids is 1. The molecule has 0 saturated carbocycles. The number of nitrogens with one attached hydrogen (secondary N) is 2. The molecular weight excluding hydrogens is 443 g/mol. The van der Waals surface area contributed by atoms with Crippen molar-refractivity contribution in [3.8, 4) is 5.75 Å². The summed E-state index contributed by atoms with van der Waals surface area (Å²) >= 11 is 19.0. The Morgan fingerprint density at radius 2 is 1.75 bits per heavy atom. The number of anilines is 2. The average molecular weight is 458 g/mol. The third-order valence-corrected chi connectivity index (χ3v) is 5.16. The van der Waals surface area contributed by atoms with Crippen molar-refractivity contribution in [2.45, 2.75) is 12.8 Å². The van der Waals surface area contributed by atoms with Gasteiger partial charge in [-0.15, -0.1) is 10.2 Å². The van der Waals surface area contributed by atoms with Crippen LogP contribution in [0.5, 0.6) is 5.75 Å². The lowest BCUT2D eigenvalue weighted by molar-refractivity contribution is 0.262. The Hall–Kier alpha value is -2.06. The van der Waals surface area contributed by atoms with E-state index in [1.54, 1.807) is 42.5 Å². The standard InChI is InChI=1S/C18H15Cl3N4O2S/c19-11-3-6-13(7-4-11)22-17(26)23-18-25-24-16(28-18)2-1-9-27-15-8-5-12(20)10-14(15)21/h3-8,10H,1-2,9H2,(H2,22,23,25,26). The smallest absolute Gasteiger partial charge is 0.325 e. The van der Waals surface area contributed by atoms with Gasteiger partial charge in [-0.2, -0.15) is 0 Å². The van der Waals surface area contributed by atoms with E-state index < -0.39 is 6.03 Å². The van der Waals surface area contributed by atoms with E-state index in [1.165, 1.54) is 11.3 Å². The van der Waals surface area contributed by atoms with E-state index in [4.69, 9.17) is 39.5 Å². The second-order valence-electron chi connectivity index (χ2n) is 5.61. The first-order valence-electron chi connectivity index (χ1n) is 8.23. The first kappa shape index (κ1) is 20.7. The van der Waals surface area contributed by atoms with E-state index in [9.17, 15) is 4.79 Å². The van der Waals surface area contributed by atoms with Crippen LogP contribution in [0.1, 0.15) is 11.4 Å².